The third-order valence-electron chi connectivity index (χ3n) is 4.44. The molecule has 1 saturated heterocycles. The van der Waals surface area contributed by atoms with Crippen molar-refractivity contribution in [2.75, 3.05) is 26.6 Å². The van der Waals surface area contributed by atoms with Gasteiger partial charge in [0.25, 0.3) is 5.17 Å². The highest BCUT2D eigenvalue weighted by atomic mass is 32.1. The monoisotopic (exact) mass is 374 g/mol. The van der Waals surface area contributed by atoms with Crippen LogP contribution in [0.2, 0.25) is 0 Å². The third-order valence-corrected chi connectivity index (χ3v) is 4.79. The summed E-state index contributed by atoms with van der Waals surface area (Å²) in [6.07, 6.45) is 0.751. The van der Waals surface area contributed by atoms with E-state index in [1.807, 2.05) is 29.2 Å². The number of hydrogen-bond donors (Lipinski definition) is 2. The predicted molar refractivity (Wildman–Crippen MR) is 104 cm³/mol. The van der Waals surface area contributed by atoms with E-state index in [2.05, 4.69) is 0 Å². The van der Waals surface area contributed by atoms with E-state index in [1.165, 1.54) is 0 Å². The molecule has 2 aromatic rings. The van der Waals surface area contributed by atoms with Crippen molar-refractivity contribution in [2.24, 2.45) is 0 Å². The van der Waals surface area contributed by atoms with Gasteiger partial charge in [-0.2, -0.15) is 0 Å². The molecular weight excluding hydrogens is 352 g/mol. The predicted octanol–water partition coefficient (Wildman–Crippen LogP) is 2.72. The van der Waals surface area contributed by atoms with Gasteiger partial charge < -0.3 is 30.0 Å². The molecule has 1 heterocycles. The number of phenols is 1. The van der Waals surface area contributed by atoms with Gasteiger partial charge in [-0.3, -0.25) is 0 Å². The topological polar surface area (TPSA) is 77.2 Å². The van der Waals surface area contributed by atoms with Crippen LogP contribution < -0.4 is 15.2 Å². The zero-order chi connectivity index (χ0) is 18.7. The summed E-state index contributed by atoms with van der Waals surface area (Å²) in [5.74, 6) is 1.47. The molecule has 3 rings (SSSR count). The second-order valence-corrected chi connectivity index (χ2v) is 6.49. The summed E-state index contributed by atoms with van der Waals surface area (Å²) in [7, 11) is 3.24. The molecule has 6 nitrogen and oxygen atoms in total. The van der Waals surface area contributed by atoms with Crippen molar-refractivity contribution in [3.05, 3.63) is 47.5 Å². The average molecular weight is 374 g/mol. The van der Waals surface area contributed by atoms with Crippen molar-refractivity contribution in [3.63, 3.8) is 0 Å². The number of thiocarbonyl (C=S) groups is 1. The van der Waals surface area contributed by atoms with Crippen LogP contribution in [-0.4, -0.2) is 42.0 Å². The molecule has 0 aliphatic carbocycles. The average Bonchev–Trinajstić information content (AvgIpc) is 2.98. The van der Waals surface area contributed by atoms with Gasteiger partial charge in [0.2, 0.25) is 0 Å². The summed E-state index contributed by atoms with van der Waals surface area (Å²) in [6, 6.07) is 11.2. The van der Waals surface area contributed by atoms with Gasteiger partial charge in [-0.25, -0.2) is 0 Å². The summed E-state index contributed by atoms with van der Waals surface area (Å²) >= 11 is 5.35. The normalized spacial score (nSPS) is 16.5. The van der Waals surface area contributed by atoms with E-state index in [-0.39, 0.29) is 11.8 Å². The van der Waals surface area contributed by atoms with Gasteiger partial charge in [-0.1, -0.05) is 12.1 Å². The molecule has 0 spiro atoms. The van der Waals surface area contributed by atoms with Gasteiger partial charge in [0.1, 0.15) is 12.4 Å². The van der Waals surface area contributed by atoms with Gasteiger partial charge in [0.05, 0.1) is 25.9 Å². The van der Waals surface area contributed by atoms with Gasteiger partial charge in [0.15, 0.2) is 11.5 Å². The maximum atomic E-state index is 9.81. The zero-order valence-electron chi connectivity index (χ0n) is 14.8. The highest BCUT2D eigenvalue weighted by Gasteiger charge is 2.30. The Hall–Kier alpha value is -2.67. The van der Waals surface area contributed by atoms with Crippen LogP contribution >= 0.6 is 12.2 Å². The van der Waals surface area contributed by atoms with Crippen LogP contribution in [0.1, 0.15) is 11.1 Å². The van der Waals surface area contributed by atoms with E-state index in [4.69, 9.17) is 32.2 Å². The maximum absolute atomic E-state index is 9.81. The minimum absolute atomic E-state index is 0.0741. The largest absolute Gasteiger partial charge is 0.506 e. The molecule has 26 heavy (non-hydrogen) atoms. The number of rotatable bonds is 6. The maximum Gasteiger partial charge on any atom is 0.260 e. The Kier molecular flexibility index (Phi) is 5.37. The van der Waals surface area contributed by atoms with Crippen molar-refractivity contribution < 1.29 is 19.3 Å². The standard InChI is InChI=1S/C19H22N2O4S/c1-23-17-6-4-12(9-18(17)24-2)7-14-11-25-19(26)21(14)10-13-3-5-15(20)16(22)8-13/h3-6,8-9,14,22H,7,10-11,20H2,1-2H3. The molecule has 3 N–H and O–H groups in total. The highest BCUT2D eigenvalue weighted by Crippen LogP contribution is 2.30. The fraction of sp³-hybridized carbons (Fsp3) is 0.316. The fourth-order valence-electron chi connectivity index (χ4n) is 3.02. The van der Waals surface area contributed by atoms with E-state index >= 15 is 0 Å². The van der Waals surface area contributed by atoms with E-state index < -0.39 is 0 Å². The summed E-state index contributed by atoms with van der Waals surface area (Å²) < 4.78 is 16.3. The van der Waals surface area contributed by atoms with Crippen LogP contribution in [0.4, 0.5) is 5.69 Å². The molecule has 0 radical (unpaired) electrons. The van der Waals surface area contributed by atoms with E-state index in [9.17, 15) is 5.11 Å². The smallest absolute Gasteiger partial charge is 0.260 e. The number of ether oxygens (including phenoxy) is 3. The summed E-state index contributed by atoms with van der Waals surface area (Å²) in [5, 5.41) is 10.3. The molecule has 1 unspecified atom stereocenters. The van der Waals surface area contributed by atoms with E-state index in [0.29, 0.717) is 35.5 Å². The van der Waals surface area contributed by atoms with E-state index in [1.54, 1.807) is 26.4 Å². The number of hydrogen-bond acceptors (Lipinski definition) is 6. The molecule has 2 aromatic carbocycles. The number of methoxy groups -OCH3 is 2. The number of nitrogens with two attached hydrogens (primary N) is 1. The first-order chi connectivity index (χ1) is 12.5. The number of anilines is 1. The van der Waals surface area contributed by atoms with Crippen LogP contribution in [0.5, 0.6) is 17.2 Å². The van der Waals surface area contributed by atoms with Crippen molar-refractivity contribution in [1.82, 2.24) is 4.90 Å². The molecule has 1 fully saturated rings. The number of nitrogens with zero attached hydrogens (tertiary/aromatic N) is 1. The van der Waals surface area contributed by atoms with Gasteiger partial charge >= 0.3 is 0 Å². The molecule has 1 aliphatic heterocycles. The van der Waals surface area contributed by atoms with Crippen LogP contribution in [0.3, 0.4) is 0 Å². The quantitative estimate of drug-likeness (QED) is 0.457. The van der Waals surface area contributed by atoms with Crippen molar-refractivity contribution >= 4 is 23.1 Å². The van der Waals surface area contributed by atoms with Gasteiger partial charge in [-0.15, -0.1) is 0 Å². The molecule has 0 amide bonds. The Bertz CT molecular complexity index is 812. The fourth-order valence-corrected chi connectivity index (χ4v) is 3.30. The minimum Gasteiger partial charge on any atom is -0.506 e. The number of benzene rings is 2. The molecule has 0 aromatic heterocycles. The summed E-state index contributed by atoms with van der Waals surface area (Å²) in [6.45, 7) is 1.07. The summed E-state index contributed by atoms with van der Waals surface area (Å²) in [4.78, 5) is 2.02. The first-order valence-corrected chi connectivity index (χ1v) is 8.64. The second kappa shape index (κ2) is 7.70. The van der Waals surface area contributed by atoms with Crippen LogP contribution in [0, 0.1) is 0 Å². The lowest BCUT2D eigenvalue weighted by Gasteiger charge is -2.23. The molecule has 0 saturated carbocycles. The van der Waals surface area contributed by atoms with Crippen LogP contribution in [0.25, 0.3) is 0 Å². The lowest BCUT2D eigenvalue weighted by atomic mass is 10.0. The van der Waals surface area contributed by atoms with Crippen LogP contribution in [-0.2, 0) is 17.7 Å². The van der Waals surface area contributed by atoms with Gasteiger partial charge in [-0.05, 0) is 54.0 Å². The Balaban J connectivity index is 1.76. The number of nitrogen functional groups attached to an aromatic ring is 1. The molecule has 138 valence electrons. The SMILES string of the molecule is COc1ccc(CC2COC(=S)N2Cc2ccc(N)c(O)c2)cc1OC. The van der Waals surface area contributed by atoms with Crippen molar-refractivity contribution in [1.29, 1.82) is 0 Å². The van der Waals surface area contributed by atoms with Crippen molar-refractivity contribution in [2.45, 2.75) is 19.0 Å². The number of aromatic hydroxyl groups is 1. The Morgan fingerprint density at radius 3 is 2.58 bits per heavy atom. The van der Waals surface area contributed by atoms with Crippen molar-refractivity contribution in [3.8, 4) is 17.2 Å². The lowest BCUT2D eigenvalue weighted by molar-refractivity contribution is 0.304. The van der Waals surface area contributed by atoms with E-state index in [0.717, 1.165) is 17.5 Å². The highest BCUT2D eigenvalue weighted by molar-refractivity contribution is 7.80. The Labute approximate surface area is 158 Å². The molecule has 1 atom stereocenters. The van der Waals surface area contributed by atoms with Gasteiger partial charge in [0, 0.05) is 6.54 Å². The molecule has 0 bridgehead atoms. The Morgan fingerprint density at radius 2 is 1.88 bits per heavy atom. The molecule has 7 heteroatoms. The third kappa shape index (κ3) is 3.77. The molecular formula is C19H22N2O4S. The second-order valence-electron chi connectivity index (χ2n) is 6.15. The summed E-state index contributed by atoms with van der Waals surface area (Å²) in [5.41, 5.74) is 8.05. The first kappa shape index (κ1) is 18.1. The lowest BCUT2D eigenvalue weighted by Crippen LogP contribution is -2.34. The number of phenolic OH excluding ortho intramolecular Hbond substituents is 1. The first-order valence-electron chi connectivity index (χ1n) is 8.23. The Morgan fingerprint density at radius 1 is 1.15 bits per heavy atom. The minimum atomic E-state index is 0.0741. The van der Waals surface area contributed by atoms with Crippen LogP contribution in [0.15, 0.2) is 36.4 Å². The zero-order valence-corrected chi connectivity index (χ0v) is 15.6. The molecule has 1 aliphatic rings.